The van der Waals surface area contributed by atoms with Crippen LogP contribution in [0.2, 0.25) is 0 Å². The van der Waals surface area contributed by atoms with Crippen LogP contribution in [0.4, 0.5) is 0 Å². The number of aromatic nitrogens is 1. The van der Waals surface area contributed by atoms with Gasteiger partial charge in [-0.05, 0) is 35.9 Å². The monoisotopic (exact) mass is 417 g/mol. The van der Waals surface area contributed by atoms with Gasteiger partial charge in [0.25, 0.3) is 5.91 Å². The lowest BCUT2D eigenvalue weighted by atomic mass is 10.1. The molecule has 2 aromatic heterocycles. The number of thiophene rings is 1. The topological polar surface area (TPSA) is 45.7 Å². The maximum atomic E-state index is 13.1. The summed E-state index contributed by atoms with van der Waals surface area (Å²) in [5, 5.41) is 2.03. The van der Waals surface area contributed by atoms with Crippen molar-refractivity contribution < 1.29 is 9.53 Å². The highest BCUT2D eigenvalue weighted by Crippen LogP contribution is 2.30. The number of ether oxygens (including phenoxy) is 1. The zero-order valence-electron chi connectivity index (χ0n) is 16.9. The summed E-state index contributed by atoms with van der Waals surface area (Å²) in [4.78, 5) is 23.9. The largest absolute Gasteiger partial charge is 0.497 e. The van der Waals surface area contributed by atoms with Gasteiger partial charge in [0.05, 0.1) is 17.5 Å². The second-order valence-corrected chi connectivity index (χ2v) is 8.64. The Hall–Kier alpha value is -2.96. The number of carbonyl (C=O) groups excluding carboxylic acids is 1. The summed E-state index contributed by atoms with van der Waals surface area (Å²) in [5.41, 5.74) is 2.23. The highest BCUT2D eigenvalue weighted by atomic mass is 32.1. The first-order valence-electron chi connectivity index (χ1n) is 10.1. The third-order valence-electron chi connectivity index (χ3n) is 5.63. The molecule has 0 aliphatic carbocycles. The van der Waals surface area contributed by atoms with Crippen LogP contribution in [0, 0.1) is 0 Å². The Morgan fingerprint density at radius 1 is 1.00 bits per heavy atom. The minimum Gasteiger partial charge on any atom is -0.497 e. The van der Waals surface area contributed by atoms with E-state index in [-0.39, 0.29) is 5.91 Å². The van der Waals surface area contributed by atoms with Crippen LogP contribution in [0.5, 0.6) is 5.75 Å². The van der Waals surface area contributed by atoms with E-state index < -0.39 is 0 Å². The molecule has 0 saturated carbocycles. The van der Waals surface area contributed by atoms with Gasteiger partial charge in [-0.2, -0.15) is 0 Å². The molecule has 1 aliphatic rings. The Kier molecular flexibility index (Phi) is 5.11. The molecule has 0 N–H and O–H groups in total. The number of fused-ring (bicyclic) bond motifs is 2. The number of piperazine rings is 1. The van der Waals surface area contributed by atoms with Gasteiger partial charge in [-0.25, -0.2) is 4.98 Å². The van der Waals surface area contributed by atoms with E-state index in [0.29, 0.717) is 0 Å². The normalized spacial score (nSPS) is 15.0. The van der Waals surface area contributed by atoms with E-state index in [9.17, 15) is 4.79 Å². The van der Waals surface area contributed by atoms with Crippen LogP contribution >= 0.6 is 11.3 Å². The standard InChI is InChI=1S/C24H23N3O2S/c1-29-20-7-8-21-18(14-20)13-19-15-22(30-23(19)25-21)24(28)27-11-9-26(10-12-27)16-17-5-3-2-4-6-17/h2-8,13-15H,9-12,16H2,1H3. The second kappa shape index (κ2) is 8.05. The number of amides is 1. The minimum absolute atomic E-state index is 0.110. The van der Waals surface area contributed by atoms with Gasteiger partial charge >= 0.3 is 0 Å². The molecule has 1 fully saturated rings. The second-order valence-electron chi connectivity index (χ2n) is 7.61. The number of carbonyl (C=O) groups is 1. The smallest absolute Gasteiger partial charge is 0.264 e. The zero-order valence-corrected chi connectivity index (χ0v) is 17.7. The van der Waals surface area contributed by atoms with E-state index in [0.717, 1.165) is 64.5 Å². The molecule has 5 rings (SSSR count). The van der Waals surface area contributed by atoms with E-state index >= 15 is 0 Å². The maximum Gasteiger partial charge on any atom is 0.264 e. The Balaban J connectivity index is 1.30. The number of nitrogens with zero attached hydrogens (tertiary/aromatic N) is 3. The van der Waals surface area contributed by atoms with Crippen LogP contribution in [0.15, 0.2) is 60.7 Å². The molecule has 2 aromatic carbocycles. The van der Waals surface area contributed by atoms with Crippen molar-refractivity contribution in [3.8, 4) is 5.75 Å². The SMILES string of the molecule is COc1ccc2nc3sc(C(=O)N4CCN(Cc5ccccc5)CC4)cc3cc2c1. The lowest BCUT2D eigenvalue weighted by Crippen LogP contribution is -2.48. The minimum atomic E-state index is 0.110. The predicted octanol–water partition coefficient (Wildman–Crippen LogP) is 4.42. The van der Waals surface area contributed by atoms with Gasteiger partial charge in [0.1, 0.15) is 10.6 Å². The average molecular weight is 418 g/mol. The van der Waals surface area contributed by atoms with Crippen molar-refractivity contribution in [2.24, 2.45) is 0 Å². The first-order chi connectivity index (χ1) is 14.7. The van der Waals surface area contributed by atoms with Crippen molar-refractivity contribution in [3.05, 3.63) is 71.1 Å². The van der Waals surface area contributed by atoms with E-state index in [2.05, 4.69) is 35.2 Å². The van der Waals surface area contributed by atoms with Gasteiger partial charge in [-0.1, -0.05) is 30.3 Å². The van der Waals surface area contributed by atoms with Crippen LogP contribution in [-0.4, -0.2) is 54.0 Å². The summed E-state index contributed by atoms with van der Waals surface area (Å²) in [6.07, 6.45) is 0. The fraction of sp³-hybridized carbons (Fsp3) is 0.250. The molecule has 1 aliphatic heterocycles. The average Bonchev–Trinajstić information content (AvgIpc) is 3.20. The third kappa shape index (κ3) is 3.76. The van der Waals surface area contributed by atoms with E-state index in [1.54, 1.807) is 7.11 Å². The van der Waals surface area contributed by atoms with Crippen LogP contribution in [0.1, 0.15) is 15.2 Å². The van der Waals surface area contributed by atoms with Crippen molar-refractivity contribution in [2.45, 2.75) is 6.54 Å². The number of pyridine rings is 1. The zero-order chi connectivity index (χ0) is 20.5. The Labute approximate surface area is 179 Å². The van der Waals surface area contributed by atoms with Gasteiger partial charge in [0, 0.05) is 43.5 Å². The lowest BCUT2D eigenvalue weighted by molar-refractivity contribution is 0.0633. The molecule has 0 spiro atoms. The molecule has 1 amide bonds. The van der Waals surface area contributed by atoms with Crippen molar-refractivity contribution in [1.82, 2.24) is 14.8 Å². The van der Waals surface area contributed by atoms with Crippen molar-refractivity contribution in [1.29, 1.82) is 0 Å². The van der Waals surface area contributed by atoms with Crippen molar-refractivity contribution in [2.75, 3.05) is 33.3 Å². The molecule has 0 unspecified atom stereocenters. The number of benzene rings is 2. The van der Waals surface area contributed by atoms with Gasteiger partial charge in [-0.15, -0.1) is 11.3 Å². The number of rotatable bonds is 4. The van der Waals surface area contributed by atoms with Crippen molar-refractivity contribution >= 4 is 38.4 Å². The van der Waals surface area contributed by atoms with Gasteiger partial charge in [0.2, 0.25) is 0 Å². The molecule has 30 heavy (non-hydrogen) atoms. The first-order valence-corrected chi connectivity index (χ1v) is 11.0. The number of hydrogen-bond acceptors (Lipinski definition) is 5. The van der Waals surface area contributed by atoms with Crippen LogP contribution in [-0.2, 0) is 6.54 Å². The summed E-state index contributed by atoms with van der Waals surface area (Å²) in [6, 6.07) is 20.4. The van der Waals surface area contributed by atoms with Crippen LogP contribution in [0.3, 0.4) is 0 Å². The molecule has 3 heterocycles. The lowest BCUT2D eigenvalue weighted by Gasteiger charge is -2.34. The van der Waals surface area contributed by atoms with E-state index in [1.165, 1.54) is 16.9 Å². The molecule has 0 atom stereocenters. The van der Waals surface area contributed by atoms with Crippen LogP contribution in [0.25, 0.3) is 21.1 Å². The summed E-state index contributed by atoms with van der Waals surface area (Å²) in [7, 11) is 1.66. The third-order valence-corrected chi connectivity index (χ3v) is 6.66. The highest BCUT2D eigenvalue weighted by molar-refractivity contribution is 7.20. The molecule has 152 valence electrons. The fourth-order valence-electron chi connectivity index (χ4n) is 3.95. The molecule has 5 nitrogen and oxygen atoms in total. The summed E-state index contributed by atoms with van der Waals surface area (Å²) < 4.78 is 5.31. The molecule has 4 aromatic rings. The van der Waals surface area contributed by atoms with Gasteiger partial charge in [-0.3, -0.25) is 9.69 Å². The Bertz CT molecular complexity index is 1200. The predicted molar refractivity (Wildman–Crippen MR) is 121 cm³/mol. The molecular weight excluding hydrogens is 394 g/mol. The summed E-state index contributed by atoms with van der Waals surface area (Å²) in [6.45, 7) is 4.24. The van der Waals surface area contributed by atoms with Gasteiger partial charge in [0.15, 0.2) is 0 Å². The maximum absolute atomic E-state index is 13.1. The van der Waals surface area contributed by atoms with Crippen LogP contribution < -0.4 is 4.74 Å². The number of methoxy groups -OCH3 is 1. The molecule has 1 saturated heterocycles. The Morgan fingerprint density at radius 2 is 1.80 bits per heavy atom. The van der Waals surface area contributed by atoms with E-state index in [1.807, 2.05) is 35.2 Å². The Morgan fingerprint density at radius 3 is 2.57 bits per heavy atom. The molecule has 6 heteroatoms. The molecular formula is C24H23N3O2S. The van der Waals surface area contributed by atoms with E-state index in [4.69, 9.17) is 9.72 Å². The first kappa shape index (κ1) is 19.0. The summed E-state index contributed by atoms with van der Waals surface area (Å²) >= 11 is 1.48. The summed E-state index contributed by atoms with van der Waals surface area (Å²) in [5.74, 6) is 0.919. The molecule has 0 bridgehead atoms. The fourth-order valence-corrected chi connectivity index (χ4v) is 4.94. The quantitative estimate of drug-likeness (QED) is 0.493. The highest BCUT2D eigenvalue weighted by Gasteiger charge is 2.23. The molecule has 0 radical (unpaired) electrons. The number of hydrogen-bond donors (Lipinski definition) is 0. The van der Waals surface area contributed by atoms with Gasteiger partial charge < -0.3 is 9.64 Å². The van der Waals surface area contributed by atoms with Crippen molar-refractivity contribution in [3.63, 3.8) is 0 Å².